The van der Waals surface area contributed by atoms with Gasteiger partial charge in [-0.05, 0) is 55.3 Å². The molecule has 35 heavy (non-hydrogen) atoms. The molecule has 3 aromatic rings. The van der Waals surface area contributed by atoms with Gasteiger partial charge < -0.3 is 9.80 Å². The molecule has 1 aromatic heterocycles. The number of halogens is 1. The Morgan fingerprint density at radius 2 is 1.71 bits per heavy atom. The number of aromatic nitrogens is 1. The monoisotopic (exact) mass is 516 g/mol. The molecule has 0 bridgehead atoms. The molecule has 0 N–H and O–H groups in total. The van der Waals surface area contributed by atoms with Crippen LogP contribution in [0.5, 0.6) is 0 Å². The molecule has 2 aromatic carbocycles. The summed E-state index contributed by atoms with van der Waals surface area (Å²) >= 11 is 1.45. The number of piperazine rings is 1. The maximum atomic E-state index is 13.5. The first-order valence-electron chi connectivity index (χ1n) is 12.0. The number of anilines is 1. The smallest absolute Gasteiger partial charge is 0.253 e. The number of thiazole rings is 1. The number of carbonyl (C=O) groups is 1. The zero-order valence-electron chi connectivity index (χ0n) is 19.7. The van der Waals surface area contributed by atoms with Crippen LogP contribution >= 0.6 is 11.3 Å². The summed E-state index contributed by atoms with van der Waals surface area (Å²) < 4.78 is 41.9. The molecule has 2 fully saturated rings. The second-order valence-corrected chi connectivity index (χ2v) is 12.2. The first-order chi connectivity index (χ1) is 16.8. The van der Waals surface area contributed by atoms with E-state index in [4.69, 9.17) is 0 Å². The van der Waals surface area contributed by atoms with Gasteiger partial charge in [0, 0.05) is 44.8 Å². The van der Waals surface area contributed by atoms with Crippen molar-refractivity contribution in [2.24, 2.45) is 0 Å². The minimum Gasteiger partial charge on any atom is -0.345 e. The van der Waals surface area contributed by atoms with Crippen LogP contribution in [0.2, 0.25) is 0 Å². The Morgan fingerprint density at radius 3 is 2.40 bits per heavy atom. The molecule has 1 aliphatic carbocycles. The van der Waals surface area contributed by atoms with Crippen molar-refractivity contribution in [3.05, 3.63) is 53.8 Å². The van der Waals surface area contributed by atoms with Crippen LogP contribution in [0.3, 0.4) is 0 Å². The van der Waals surface area contributed by atoms with Gasteiger partial charge in [0.05, 0.1) is 15.1 Å². The Morgan fingerprint density at radius 1 is 1.03 bits per heavy atom. The molecular weight excluding hydrogens is 487 g/mol. The lowest BCUT2D eigenvalue weighted by atomic mass is 9.96. The van der Waals surface area contributed by atoms with Gasteiger partial charge in [-0.2, -0.15) is 4.31 Å². The molecule has 10 heteroatoms. The van der Waals surface area contributed by atoms with E-state index in [2.05, 4.69) is 9.88 Å². The lowest BCUT2D eigenvalue weighted by Gasteiger charge is -2.34. The number of hydrogen-bond donors (Lipinski definition) is 0. The Bertz CT molecular complexity index is 1310. The molecule has 1 saturated carbocycles. The molecule has 0 radical (unpaired) electrons. The van der Waals surface area contributed by atoms with Crippen LogP contribution in [0.25, 0.3) is 10.2 Å². The average molecular weight is 517 g/mol. The fourth-order valence-electron chi connectivity index (χ4n) is 4.88. The summed E-state index contributed by atoms with van der Waals surface area (Å²) in [6, 6.07) is 10.9. The normalized spacial score (nSPS) is 17.9. The Hall–Kier alpha value is -2.56. The summed E-state index contributed by atoms with van der Waals surface area (Å²) in [5, 5.41) is 0.828. The van der Waals surface area contributed by atoms with Crippen LogP contribution in [-0.2, 0) is 10.0 Å². The number of rotatable bonds is 5. The first-order valence-corrected chi connectivity index (χ1v) is 14.3. The third-order valence-corrected chi connectivity index (χ3v) is 10.0. The van der Waals surface area contributed by atoms with E-state index in [0.717, 1.165) is 47.5 Å². The zero-order valence-corrected chi connectivity index (χ0v) is 21.3. The molecule has 0 spiro atoms. The summed E-state index contributed by atoms with van der Waals surface area (Å²) in [7, 11) is -1.93. The summed E-state index contributed by atoms with van der Waals surface area (Å²) in [5.41, 5.74) is 1.25. The molecule has 2 aliphatic rings. The van der Waals surface area contributed by atoms with Gasteiger partial charge >= 0.3 is 0 Å². The van der Waals surface area contributed by atoms with Crippen LogP contribution in [0.1, 0.15) is 42.5 Å². The highest BCUT2D eigenvalue weighted by molar-refractivity contribution is 7.89. The third kappa shape index (κ3) is 4.92. The zero-order chi connectivity index (χ0) is 24.6. The summed E-state index contributed by atoms with van der Waals surface area (Å²) in [4.78, 5) is 21.8. The number of sulfonamides is 1. The highest BCUT2D eigenvalue weighted by Crippen LogP contribution is 2.30. The van der Waals surface area contributed by atoms with Gasteiger partial charge in [-0.1, -0.05) is 30.6 Å². The number of nitrogens with zero attached hydrogens (tertiary/aromatic N) is 4. The average Bonchev–Trinajstić information content (AvgIpc) is 3.32. The summed E-state index contributed by atoms with van der Waals surface area (Å²) in [6.07, 6.45) is 5.07. The van der Waals surface area contributed by atoms with E-state index in [9.17, 15) is 17.6 Å². The maximum absolute atomic E-state index is 13.5. The number of amides is 1. The molecule has 1 aliphatic heterocycles. The van der Waals surface area contributed by atoms with E-state index in [0.29, 0.717) is 31.7 Å². The SMILES string of the molecule is CN(C1CCCCC1)S(=O)(=O)c1ccc(C(=O)N2CCN(c3nc4ccc(F)cc4s3)CC2)cc1. The van der Waals surface area contributed by atoms with Crippen molar-refractivity contribution in [2.75, 3.05) is 38.1 Å². The molecule has 5 rings (SSSR count). The van der Waals surface area contributed by atoms with Crippen molar-refractivity contribution >= 4 is 42.6 Å². The fourth-order valence-corrected chi connectivity index (χ4v) is 7.34. The topological polar surface area (TPSA) is 73.8 Å². The van der Waals surface area contributed by atoms with E-state index < -0.39 is 10.0 Å². The molecule has 7 nitrogen and oxygen atoms in total. The molecule has 0 unspecified atom stereocenters. The van der Waals surface area contributed by atoms with Crippen LogP contribution < -0.4 is 4.90 Å². The third-order valence-electron chi connectivity index (χ3n) is 7.04. The fraction of sp³-hybridized carbons (Fsp3) is 0.440. The Labute approximate surface area is 209 Å². The van der Waals surface area contributed by atoms with E-state index in [-0.39, 0.29) is 22.7 Å². The molecule has 1 amide bonds. The lowest BCUT2D eigenvalue weighted by Crippen LogP contribution is -2.48. The van der Waals surface area contributed by atoms with Crippen LogP contribution in [0.15, 0.2) is 47.4 Å². The summed E-state index contributed by atoms with van der Waals surface area (Å²) in [5.74, 6) is -0.386. The Balaban J connectivity index is 1.22. The van der Waals surface area contributed by atoms with E-state index in [1.54, 1.807) is 42.3 Å². The molecule has 2 heterocycles. The molecule has 0 atom stereocenters. The van der Waals surface area contributed by atoms with Crippen molar-refractivity contribution in [3.8, 4) is 0 Å². The second-order valence-electron chi connectivity index (χ2n) is 9.23. The lowest BCUT2D eigenvalue weighted by molar-refractivity contribution is 0.0746. The predicted octanol–water partition coefficient (Wildman–Crippen LogP) is 4.35. The standard InChI is InChI=1S/C25H29FN4O3S2/c1-28(20-5-3-2-4-6-20)35(32,33)21-10-7-18(8-11-21)24(31)29-13-15-30(16-14-29)25-27-22-12-9-19(26)17-23(22)34-25/h7-12,17,20H,2-6,13-16H2,1H3. The van der Waals surface area contributed by atoms with Gasteiger partial charge in [-0.15, -0.1) is 0 Å². The number of hydrogen-bond acceptors (Lipinski definition) is 6. The second kappa shape index (κ2) is 9.83. The number of carbonyl (C=O) groups excluding carboxylic acids is 1. The molecular formula is C25H29FN4O3S2. The maximum Gasteiger partial charge on any atom is 0.253 e. The van der Waals surface area contributed by atoms with Crippen molar-refractivity contribution in [1.82, 2.24) is 14.2 Å². The van der Waals surface area contributed by atoms with Gasteiger partial charge in [0.1, 0.15) is 5.82 Å². The van der Waals surface area contributed by atoms with Crippen LogP contribution in [0, 0.1) is 5.82 Å². The highest BCUT2D eigenvalue weighted by Gasteiger charge is 2.30. The van der Waals surface area contributed by atoms with Gasteiger partial charge in [-0.25, -0.2) is 17.8 Å². The van der Waals surface area contributed by atoms with Gasteiger partial charge in [0.15, 0.2) is 5.13 Å². The molecule has 1 saturated heterocycles. The minimum atomic E-state index is -3.59. The van der Waals surface area contributed by atoms with Gasteiger partial charge in [0.25, 0.3) is 5.91 Å². The van der Waals surface area contributed by atoms with E-state index in [1.807, 2.05) is 0 Å². The van der Waals surface area contributed by atoms with Crippen molar-refractivity contribution in [1.29, 1.82) is 0 Å². The van der Waals surface area contributed by atoms with Crippen LogP contribution in [-0.4, -0.2) is 67.8 Å². The van der Waals surface area contributed by atoms with Crippen LogP contribution in [0.4, 0.5) is 9.52 Å². The van der Waals surface area contributed by atoms with Gasteiger partial charge in [-0.3, -0.25) is 4.79 Å². The minimum absolute atomic E-state index is 0.0424. The Kier molecular flexibility index (Phi) is 6.78. The van der Waals surface area contributed by atoms with Crippen molar-refractivity contribution in [2.45, 2.75) is 43.0 Å². The largest absolute Gasteiger partial charge is 0.345 e. The van der Waals surface area contributed by atoms with Gasteiger partial charge in [0.2, 0.25) is 10.0 Å². The van der Waals surface area contributed by atoms with Crippen molar-refractivity contribution in [3.63, 3.8) is 0 Å². The van der Waals surface area contributed by atoms with E-state index >= 15 is 0 Å². The molecule has 186 valence electrons. The number of benzene rings is 2. The first kappa shape index (κ1) is 24.1. The van der Waals surface area contributed by atoms with Crippen molar-refractivity contribution < 1.29 is 17.6 Å². The summed E-state index contributed by atoms with van der Waals surface area (Å²) in [6.45, 7) is 2.33. The predicted molar refractivity (Wildman–Crippen MR) is 136 cm³/mol. The quantitative estimate of drug-likeness (QED) is 0.504. The number of fused-ring (bicyclic) bond motifs is 1. The highest BCUT2D eigenvalue weighted by atomic mass is 32.2. The van der Waals surface area contributed by atoms with E-state index in [1.165, 1.54) is 27.8 Å².